The van der Waals surface area contributed by atoms with Gasteiger partial charge in [0.2, 0.25) is 0 Å². The molecule has 2 N–H and O–H groups in total. The lowest BCUT2D eigenvalue weighted by atomic mass is 10.0. The Morgan fingerprint density at radius 2 is 1.47 bits per heavy atom. The SMILES string of the molecule is CC(C)(C)OC(=O)C(NNC(=O)c1ccccc1)C(O[Si](C)(C)C(C)(C)C)c1ccccc1Br. The lowest BCUT2D eigenvalue weighted by molar-refractivity contribution is -0.160. The summed E-state index contributed by atoms with van der Waals surface area (Å²) >= 11 is 3.62. The van der Waals surface area contributed by atoms with Gasteiger partial charge >= 0.3 is 5.97 Å². The van der Waals surface area contributed by atoms with E-state index in [-0.39, 0.29) is 10.9 Å². The Morgan fingerprint density at radius 3 is 2.00 bits per heavy atom. The van der Waals surface area contributed by atoms with Crippen LogP contribution in [0.15, 0.2) is 59.1 Å². The second kappa shape index (κ2) is 11.2. The molecule has 0 aliphatic heterocycles. The van der Waals surface area contributed by atoms with Crippen molar-refractivity contribution in [3.05, 3.63) is 70.2 Å². The molecule has 0 radical (unpaired) electrons. The van der Waals surface area contributed by atoms with Crippen LogP contribution in [0.3, 0.4) is 0 Å². The van der Waals surface area contributed by atoms with Crippen LogP contribution in [-0.2, 0) is 14.0 Å². The van der Waals surface area contributed by atoms with E-state index >= 15 is 0 Å². The number of hydrogen-bond donors (Lipinski definition) is 2. The van der Waals surface area contributed by atoms with Crippen molar-refractivity contribution >= 4 is 36.1 Å². The molecule has 2 aromatic rings. The van der Waals surface area contributed by atoms with E-state index in [0.29, 0.717) is 5.56 Å². The number of carbonyl (C=O) groups excluding carboxylic acids is 2. The molecule has 0 saturated carbocycles. The number of ether oxygens (including phenoxy) is 1. The highest BCUT2D eigenvalue weighted by molar-refractivity contribution is 9.10. The zero-order valence-electron chi connectivity index (χ0n) is 21.4. The van der Waals surface area contributed by atoms with Crippen LogP contribution < -0.4 is 10.9 Å². The second-order valence-electron chi connectivity index (χ2n) is 10.8. The van der Waals surface area contributed by atoms with E-state index in [9.17, 15) is 9.59 Å². The van der Waals surface area contributed by atoms with Crippen molar-refractivity contribution in [2.45, 2.75) is 77.4 Å². The van der Waals surface area contributed by atoms with Gasteiger partial charge in [-0.2, -0.15) is 0 Å². The summed E-state index contributed by atoms with van der Waals surface area (Å²) in [6.45, 7) is 16.1. The molecule has 6 nitrogen and oxygen atoms in total. The Hall–Kier alpha value is -2.00. The van der Waals surface area contributed by atoms with Gasteiger partial charge in [-0.1, -0.05) is 73.1 Å². The predicted molar refractivity (Wildman–Crippen MR) is 142 cm³/mol. The van der Waals surface area contributed by atoms with Crippen LogP contribution in [0.4, 0.5) is 0 Å². The van der Waals surface area contributed by atoms with Gasteiger partial charge in [0.05, 0.1) is 6.10 Å². The number of nitrogens with one attached hydrogen (secondary N) is 2. The smallest absolute Gasteiger partial charge is 0.328 e. The van der Waals surface area contributed by atoms with Crippen molar-refractivity contribution in [2.75, 3.05) is 0 Å². The van der Waals surface area contributed by atoms with Crippen LogP contribution >= 0.6 is 15.9 Å². The van der Waals surface area contributed by atoms with E-state index in [1.165, 1.54) is 0 Å². The third-order valence-electron chi connectivity index (χ3n) is 5.78. The molecule has 2 aromatic carbocycles. The van der Waals surface area contributed by atoms with Gasteiger partial charge in [0.15, 0.2) is 14.4 Å². The molecule has 0 saturated heterocycles. The summed E-state index contributed by atoms with van der Waals surface area (Å²) in [4.78, 5) is 26.2. The van der Waals surface area contributed by atoms with Crippen molar-refractivity contribution in [1.82, 2.24) is 10.9 Å². The van der Waals surface area contributed by atoms with E-state index < -0.39 is 32.0 Å². The molecule has 186 valence electrons. The largest absolute Gasteiger partial charge is 0.459 e. The highest BCUT2D eigenvalue weighted by Gasteiger charge is 2.44. The number of carbonyl (C=O) groups is 2. The molecule has 2 unspecified atom stereocenters. The van der Waals surface area contributed by atoms with Gasteiger partial charge in [0.1, 0.15) is 5.60 Å². The van der Waals surface area contributed by atoms with Crippen LogP contribution in [0.2, 0.25) is 18.1 Å². The monoisotopic (exact) mass is 548 g/mol. The van der Waals surface area contributed by atoms with Crippen molar-refractivity contribution in [1.29, 1.82) is 0 Å². The molecule has 0 aliphatic carbocycles. The van der Waals surface area contributed by atoms with E-state index in [1.54, 1.807) is 24.3 Å². The fourth-order valence-electron chi connectivity index (χ4n) is 2.94. The van der Waals surface area contributed by atoms with Crippen LogP contribution in [-0.4, -0.2) is 31.8 Å². The minimum absolute atomic E-state index is 0.0989. The number of halogens is 1. The molecular weight excluding hydrogens is 512 g/mol. The Morgan fingerprint density at radius 1 is 0.912 bits per heavy atom. The maximum Gasteiger partial charge on any atom is 0.328 e. The molecule has 1 amide bonds. The third kappa shape index (κ3) is 7.76. The normalized spacial score (nSPS) is 14.3. The minimum Gasteiger partial charge on any atom is -0.459 e. The molecule has 0 heterocycles. The van der Waals surface area contributed by atoms with E-state index in [1.807, 2.05) is 51.1 Å². The summed E-state index contributed by atoms with van der Waals surface area (Å²) in [6.07, 6.45) is -0.706. The fraction of sp³-hybridized carbons (Fsp3) is 0.462. The summed E-state index contributed by atoms with van der Waals surface area (Å²) in [5, 5.41) is -0.0989. The molecule has 0 aromatic heterocycles. The third-order valence-corrected chi connectivity index (χ3v) is 11.0. The Balaban J connectivity index is 2.49. The number of rotatable bonds is 8. The van der Waals surface area contributed by atoms with Gasteiger partial charge in [-0.15, -0.1) is 0 Å². The number of hydrazine groups is 1. The number of esters is 1. The Kier molecular flexibility index (Phi) is 9.27. The molecule has 0 bridgehead atoms. The van der Waals surface area contributed by atoms with Gasteiger partial charge in [0.25, 0.3) is 5.91 Å². The highest BCUT2D eigenvalue weighted by Crippen LogP contribution is 2.42. The lowest BCUT2D eigenvalue weighted by Gasteiger charge is -2.41. The molecule has 0 fully saturated rings. The molecule has 0 spiro atoms. The van der Waals surface area contributed by atoms with Gasteiger partial charge in [-0.05, 0) is 62.7 Å². The first kappa shape index (κ1) is 28.2. The first-order valence-corrected chi connectivity index (χ1v) is 15.1. The van der Waals surface area contributed by atoms with Gasteiger partial charge < -0.3 is 9.16 Å². The van der Waals surface area contributed by atoms with Gasteiger partial charge in [0, 0.05) is 10.0 Å². The van der Waals surface area contributed by atoms with Crippen LogP contribution in [0.25, 0.3) is 0 Å². The van der Waals surface area contributed by atoms with Crippen LogP contribution in [0.5, 0.6) is 0 Å². The van der Waals surface area contributed by atoms with Gasteiger partial charge in [-0.25, -0.2) is 5.43 Å². The Labute approximate surface area is 213 Å². The van der Waals surface area contributed by atoms with Crippen molar-refractivity contribution in [2.24, 2.45) is 0 Å². The molecule has 2 rings (SSSR count). The molecule has 2 atom stereocenters. The van der Waals surface area contributed by atoms with Crippen molar-refractivity contribution < 1.29 is 18.8 Å². The number of hydrogen-bond acceptors (Lipinski definition) is 5. The summed E-state index contributed by atoms with van der Waals surface area (Å²) in [5.74, 6) is -0.868. The summed E-state index contributed by atoms with van der Waals surface area (Å²) in [5.41, 5.74) is 6.19. The standard InChI is InChI=1S/C26H37BrN2O4Si/c1-25(2,3)32-24(31)21(28-29-23(30)18-14-10-9-11-15-18)22(19-16-12-13-17-20(19)27)33-34(7,8)26(4,5)6/h9-17,21-22,28H,1-8H3,(H,29,30). The summed E-state index contributed by atoms with van der Waals surface area (Å²) in [6, 6.07) is 15.5. The molecule has 8 heteroatoms. The zero-order chi connectivity index (χ0) is 25.7. The molecule has 34 heavy (non-hydrogen) atoms. The fourth-order valence-corrected chi connectivity index (χ4v) is 4.70. The summed E-state index contributed by atoms with van der Waals surface area (Å²) in [7, 11) is -2.34. The second-order valence-corrected chi connectivity index (χ2v) is 16.4. The van der Waals surface area contributed by atoms with E-state index in [0.717, 1.165) is 10.0 Å². The van der Waals surface area contributed by atoms with E-state index in [2.05, 4.69) is 60.6 Å². The molecular formula is C26H37BrN2O4Si. The highest BCUT2D eigenvalue weighted by atomic mass is 79.9. The Bertz CT molecular complexity index is 984. The topological polar surface area (TPSA) is 76.7 Å². The number of benzene rings is 2. The average Bonchev–Trinajstić information content (AvgIpc) is 2.71. The lowest BCUT2D eigenvalue weighted by Crippen LogP contribution is -2.55. The van der Waals surface area contributed by atoms with Crippen LogP contribution in [0, 0.1) is 0 Å². The van der Waals surface area contributed by atoms with E-state index in [4.69, 9.17) is 9.16 Å². The minimum atomic E-state index is -2.34. The maximum atomic E-state index is 13.5. The quantitative estimate of drug-likeness (QED) is 0.235. The number of amides is 1. The van der Waals surface area contributed by atoms with Crippen molar-refractivity contribution in [3.63, 3.8) is 0 Å². The van der Waals surface area contributed by atoms with Gasteiger partial charge in [-0.3, -0.25) is 15.0 Å². The first-order valence-electron chi connectivity index (χ1n) is 11.4. The zero-order valence-corrected chi connectivity index (χ0v) is 23.9. The molecule has 0 aliphatic rings. The maximum absolute atomic E-state index is 13.5. The van der Waals surface area contributed by atoms with Crippen LogP contribution in [0.1, 0.15) is 63.6 Å². The first-order chi connectivity index (χ1) is 15.6. The van der Waals surface area contributed by atoms with Crippen molar-refractivity contribution in [3.8, 4) is 0 Å². The predicted octanol–water partition coefficient (Wildman–Crippen LogP) is 6.16. The average molecular weight is 550 g/mol. The summed E-state index contributed by atoms with van der Waals surface area (Å²) < 4.78 is 13.4.